The van der Waals surface area contributed by atoms with Crippen molar-refractivity contribution in [2.45, 2.75) is 25.7 Å². The van der Waals surface area contributed by atoms with E-state index in [0.717, 1.165) is 58.6 Å². The molecular weight excluding hydrogens is 232 g/mol. The van der Waals surface area contributed by atoms with Crippen LogP contribution < -0.4 is 0 Å². The van der Waals surface area contributed by atoms with Gasteiger partial charge < -0.3 is 14.7 Å². The van der Waals surface area contributed by atoms with Crippen LogP contribution in [0.25, 0.3) is 0 Å². The van der Waals surface area contributed by atoms with Crippen LogP contribution in [0, 0.1) is 0 Å². The van der Waals surface area contributed by atoms with Gasteiger partial charge in [0, 0.05) is 46.3 Å². The highest BCUT2D eigenvalue weighted by molar-refractivity contribution is 5.76. The third kappa shape index (κ3) is 5.80. The Kier molecular flexibility index (Phi) is 7.96. The molecule has 1 fully saturated rings. The summed E-state index contributed by atoms with van der Waals surface area (Å²) < 4.78 is 5.08. The molecule has 106 valence electrons. The van der Waals surface area contributed by atoms with Gasteiger partial charge in [-0.25, -0.2) is 0 Å². The largest absolute Gasteiger partial charge is 0.396 e. The van der Waals surface area contributed by atoms with Crippen molar-refractivity contribution in [2.24, 2.45) is 0 Å². The van der Waals surface area contributed by atoms with E-state index in [2.05, 4.69) is 4.90 Å². The molecule has 5 heteroatoms. The Morgan fingerprint density at radius 3 is 2.78 bits per heavy atom. The molecule has 1 aliphatic rings. The van der Waals surface area contributed by atoms with Crippen molar-refractivity contribution >= 4 is 5.91 Å². The molecule has 1 N–H and O–H groups in total. The fraction of sp³-hybridized carbons (Fsp3) is 0.923. The molecule has 1 aliphatic heterocycles. The molecule has 0 spiro atoms. The van der Waals surface area contributed by atoms with Gasteiger partial charge in [-0.1, -0.05) is 0 Å². The molecule has 0 bridgehead atoms. The van der Waals surface area contributed by atoms with E-state index in [1.807, 2.05) is 4.90 Å². The Morgan fingerprint density at radius 2 is 2.06 bits per heavy atom. The van der Waals surface area contributed by atoms with Crippen molar-refractivity contribution in [3.8, 4) is 0 Å². The molecule has 0 radical (unpaired) electrons. The quantitative estimate of drug-likeness (QED) is 0.669. The lowest BCUT2D eigenvalue weighted by molar-refractivity contribution is -0.131. The van der Waals surface area contributed by atoms with Crippen LogP contribution in [0.2, 0.25) is 0 Å². The van der Waals surface area contributed by atoms with Gasteiger partial charge in [0.1, 0.15) is 0 Å². The molecule has 0 unspecified atom stereocenters. The van der Waals surface area contributed by atoms with Crippen molar-refractivity contribution < 1.29 is 14.6 Å². The van der Waals surface area contributed by atoms with Crippen LogP contribution in [-0.2, 0) is 9.53 Å². The van der Waals surface area contributed by atoms with Gasteiger partial charge in [0.15, 0.2) is 0 Å². The average molecular weight is 258 g/mol. The second-order valence-electron chi connectivity index (χ2n) is 4.75. The Balaban J connectivity index is 2.25. The third-order valence-electron chi connectivity index (χ3n) is 3.35. The average Bonchev–Trinajstić information content (AvgIpc) is 2.62. The molecule has 5 nitrogen and oxygen atoms in total. The SMILES string of the molecule is COCCN1CCCN(C(=O)CCCCO)CC1. The summed E-state index contributed by atoms with van der Waals surface area (Å²) in [6.45, 7) is 5.55. The Bertz CT molecular complexity index is 236. The van der Waals surface area contributed by atoms with Crippen LogP contribution in [0.3, 0.4) is 0 Å². The highest BCUT2D eigenvalue weighted by Gasteiger charge is 2.18. The maximum absolute atomic E-state index is 11.9. The van der Waals surface area contributed by atoms with E-state index < -0.39 is 0 Å². The maximum Gasteiger partial charge on any atom is 0.222 e. The van der Waals surface area contributed by atoms with Crippen LogP contribution in [0.5, 0.6) is 0 Å². The number of aliphatic hydroxyl groups excluding tert-OH is 1. The van der Waals surface area contributed by atoms with Crippen LogP contribution in [-0.4, -0.2) is 73.9 Å². The summed E-state index contributed by atoms with van der Waals surface area (Å²) in [7, 11) is 1.72. The normalized spacial score (nSPS) is 17.8. The van der Waals surface area contributed by atoms with Gasteiger partial charge in [0.05, 0.1) is 6.61 Å². The Hall–Kier alpha value is -0.650. The van der Waals surface area contributed by atoms with Gasteiger partial charge in [-0.15, -0.1) is 0 Å². The summed E-state index contributed by atoms with van der Waals surface area (Å²) in [4.78, 5) is 16.3. The Labute approximate surface area is 110 Å². The third-order valence-corrected chi connectivity index (χ3v) is 3.35. The number of aliphatic hydroxyl groups is 1. The molecule has 0 aromatic rings. The van der Waals surface area contributed by atoms with Gasteiger partial charge in [-0.2, -0.15) is 0 Å². The molecule has 0 saturated carbocycles. The zero-order chi connectivity index (χ0) is 13.2. The highest BCUT2D eigenvalue weighted by atomic mass is 16.5. The number of hydrogen-bond acceptors (Lipinski definition) is 4. The van der Waals surface area contributed by atoms with E-state index in [1.54, 1.807) is 7.11 Å². The zero-order valence-corrected chi connectivity index (χ0v) is 11.4. The lowest BCUT2D eigenvalue weighted by Crippen LogP contribution is -2.35. The molecule has 1 heterocycles. The molecule has 18 heavy (non-hydrogen) atoms. The van der Waals surface area contributed by atoms with Gasteiger partial charge in [0.2, 0.25) is 5.91 Å². The summed E-state index contributed by atoms with van der Waals surface area (Å²) in [5, 5.41) is 8.71. The number of carbonyl (C=O) groups is 1. The second-order valence-corrected chi connectivity index (χ2v) is 4.75. The number of nitrogens with zero attached hydrogens (tertiary/aromatic N) is 2. The standard InChI is InChI=1S/C13H26N2O3/c1-18-12-10-14-6-4-7-15(9-8-14)13(17)5-2-3-11-16/h16H,2-12H2,1H3. The number of rotatable bonds is 7. The van der Waals surface area contributed by atoms with E-state index in [-0.39, 0.29) is 12.5 Å². The first kappa shape index (κ1) is 15.4. The minimum Gasteiger partial charge on any atom is -0.396 e. The number of hydrogen-bond donors (Lipinski definition) is 1. The molecule has 1 amide bonds. The summed E-state index contributed by atoms with van der Waals surface area (Å²) in [6, 6.07) is 0. The molecule has 0 aliphatic carbocycles. The van der Waals surface area contributed by atoms with Crippen molar-refractivity contribution in [3.63, 3.8) is 0 Å². The molecular formula is C13H26N2O3. The fourth-order valence-corrected chi connectivity index (χ4v) is 2.21. The predicted octanol–water partition coefficient (Wildman–Crippen LogP) is 0.330. The van der Waals surface area contributed by atoms with E-state index in [0.29, 0.717) is 6.42 Å². The highest BCUT2D eigenvalue weighted by Crippen LogP contribution is 2.07. The zero-order valence-electron chi connectivity index (χ0n) is 11.4. The van der Waals surface area contributed by atoms with Crippen LogP contribution in [0.4, 0.5) is 0 Å². The number of carbonyl (C=O) groups excluding carboxylic acids is 1. The van der Waals surface area contributed by atoms with Crippen molar-refractivity contribution in [1.82, 2.24) is 9.80 Å². The molecule has 1 saturated heterocycles. The Morgan fingerprint density at radius 1 is 1.22 bits per heavy atom. The monoisotopic (exact) mass is 258 g/mol. The van der Waals surface area contributed by atoms with Crippen LogP contribution in [0.1, 0.15) is 25.7 Å². The van der Waals surface area contributed by atoms with Crippen LogP contribution >= 0.6 is 0 Å². The van der Waals surface area contributed by atoms with Gasteiger partial charge in [-0.05, 0) is 25.8 Å². The summed E-state index contributed by atoms with van der Waals surface area (Å²) >= 11 is 0. The lowest BCUT2D eigenvalue weighted by atomic mass is 10.2. The van der Waals surface area contributed by atoms with E-state index in [1.165, 1.54) is 0 Å². The summed E-state index contributed by atoms with van der Waals surface area (Å²) in [5.74, 6) is 0.233. The van der Waals surface area contributed by atoms with Gasteiger partial charge in [-0.3, -0.25) is 9.69 Å². The maximum atomic E-state index is 11.9. The summed E-state index contributed by atoms with van der Waals surface area (Å²) in [5.41, 5.74) is 0. The molecule has 0 aromatic heterocycles. The minimum absolute atomic E-state index is 0.179. The van der Waals surface area contributed by atoms with Gasteiger partial charge >= 0.3 is 0 Å². The van der Waals surface area contributed by atoms with E-state index in [9.17, 15) is 4.79 Å². The van der Waals surface area contributed by atoms with Crippen molar-refractivity contribution in [2.75, 3.05) is 53.0 Å². The number of unbranched alkanes of at least 4 members (excludes halogenated alkanes) is 1. The van der Waals surface area contributed by atoms with E-state index in [4.69, 9.17) is 9.84 Å². The lowest BCUT2D eigenvalue weighted by Gasteiger charge is -2.21. The van der Waals surface area contributed by atoms with Crippen molar-refractivity contribution in [1.29, 1.82) is 0 Å². The van der Waals surface area contributed by atoms with Crippen molar-refractivity contribution in [3.05, 3.63) is 0 Å². The smallest absolute Gasteiger partial charge is 0.222 e. The first-order chi connectivity index (χ1) is 8.77. The number of amides is 1. The second kappa shape index (κ2) is 9.30. The first-order valence-corrected chi connectivity index (χ1v) is 6.88. The predicted molar refractivity (Wildman–Crippen MR) is 70.4 cm³/mol. The number of ether oxygens (including phenoxy) is 1. The molecule has 0 atom stereocenters. The number of methoxy groups -OCH3 is 1. The van der Waals surface area contributed by atoms with Crippen LogP contribution in [0.15, 0.2) is 0 Å². The van der Waals surface area contributed by atoms with Gasteiger partial charge in [0.25, 0.3) is 0 Å². The first-order valence-electron chi connectivity index (χ1n) is 6.88. The molecule has 1 rings (SSSR count). The van der Waals surface area contributed by atoms with E-state index >= 15 is 0 Å². The fourth-order valence-electron chi connectivity index (χ4n) is 2.21. The minimum atomic E-state index is 0.179. The molecule has 0 aromatic carbocycles. The topological polar surface area (TPSA) is 53.0 Å². The summed E-state index contributed by atoms with van der Waals surface area (Å²) in [6.07, 6.45) is 3.12.